The number of carbonyl (C=O) groups excluding carboxylic acids is 1. The molecule has 0 spiro atoms. The number of nitrogens with one attached hydrogen (secondary N) is 2. The van der Waals surface area contributed by atoms with Crippen molar-refractivity contribution < 1.29 is 9.53 Å². The molecule has 0 aliphatic heterocycles. The van der Waals surface area contributed by atoms with E-state index in [0.717, 1.165) is 11.3 Å². The molecule has 3 rings (SSSR count). The first-order valence-electron chi connectivity index (χ1n) is 8.74. The lowest BCUT2D eigenvalue weighted by atomic mass is 10.1. The highest BCUT2D eigenvalue weighted by Crippen LogP contribution is 2.12. The second-order valence-electron chi connectivity index (χ2n) is 6.15. The number of amides is 1. The number of rotatable bonds is 6. The van der Waals surface area contributed by atoms with Gasteiger partial charge in [-0.05, 0) is 44.2 Å². The maximum absolute atomic E-state index is 12.3. The molecule has 1 heterocycles. The maximum atomic E-state index is 12.3. The van der Waals surface area contributed by atoms with Gasteiger partial charge in [0.2, 0.25) is 0 Å². The minimum Gasteiger partial charge on any atom is -0.492 e. The van der Waals surface area contributed by atoms with Gasteiger partial charge in [-0.25, -0.2) is 0 Å². The molecule has 3 aromatic rings. The third kappa shape index (κ3) is 4.08. The van der Waals surface area contributed by atoms with Crippen LogP contribution < -0.4 is 21.2 Å². The molecule has 7 heteroatoms. The molecule has 0 atom stereocenters. The number of aromatic amines is 1. The van der Waals surface area contributed by atoms with Crippen LogP contribution in [0.1, 0.15) is 22.8 Å². The Morgan fingerprint density at radius 1 is 1.15 bits per heavy atom. The number of H-pyrrole nitrogens is 1. The molecule has 2 aromatic carbocycles. The zero-order chi connectivity index (χ0) is 19.4. The summed E-state index contributed by atoms with van der Waals surface area (Å²) in [5.41, 5.74) is 1.28. The van der Waals surface area contributed by atoms with Crippen LogP contribution in [0.25, 0.3) is 11.0 Å². The van der Waals surface area contributed by atoms with Crippen LogP contribution in [0.15, 0.2) is 52.1 Å². The standard InChI is InChI=1S/C20H21N3O4/c1-3-23-17-9-6-14(12-16(17)22-19(25)20(23)26)18(24)21-10-11-27-15-7-4-13(2)5-8-15/h4-9,12H,3,10-11H2,1-2H3,(H,21,24)(H,22,25). The molecule has 0 radical (unpaired) electrons. The summed E-state index contributed by atoms with van der Waals surface area (Å²) < 4.78 is 6.96. The van der Waals surface area contributed by atoms with Gasteiger partial charge in [0, 0.05) is 12.1 Å². The van der Waals surface area contributed by atoms with Gasteiger partial charge in [-0.3, -0.25) is 14.4 Å². The quantitative estimate of drug-likeness (QED) is 0.513. The molecule has 140 valence electrons. The Balaban J connectivity index is 1.67. The summed E-state index contributed by atoms with van der Waals surface area (Å²) in [6.07, 6.45) is 0. The number of ether oxygens (including phenoxy) is 1. The predicted octanol–water partition coefficient (Wildman–Crippen LogP) is 1.83. The topological polar surface area (TPSA) is 93.2 Å². The summed E-state index contributed by atoms with van der Waals surface area (Å²) in [7, 11) is 0. The van der Waals surface area contributed by atoms with E-state index in [4.69, 9.17) is 4.74 Å². The van der Waals surface area contributed by atoms with E-state index in [1.807, 2.05) is 31.2 Å². The van der Waals surface area contributed by atoms with Crippen LogP contribution in [0.4, 0.5) is 0 Å². The van der Waals surface area contributed by atoms with E-state index in [-0.39, 0.29) is 5.91 Å². The molecule has 0 fully saturated rings. The highest BCUT2D eigenvalue weighted by atomic mass is 16.5. The second-order valence-corrected chi connectivity index (χ2v) is 6.15. The van der Waals surface area contributed by atoms with E-state index in [0.29, 0.717) is 36.3 Å². The van der Waals surface area contributed by atoms with Crippen LogP contribution in [0.3, 0.4) is 0 Å². The van der Waals surface area contributed by atoms with E-state index < -0.39 is 11.1 Å². The third-order valence-corrected chi connectivity index (χ3v) is 4.23. The normalized spacial score (nSPS) is 10.7. The van der Waals surface area contributed by atoms with Crippen molar-refractivity contribution in [1.82, 2.24) is 14.9 Å². The number of hydrogen-bond acceptors (Lipinski definition) is 4. The van der Waals surface area contributed by atoms with Crippen molar-refractivity contribution in [3.8, 4) is 5.75 Å². The van der Waals surface area contributed by atoms with Gasteiger partial charge in [-0.15, -0.1) is 0 Å². The summed E-state index contributed by atoms with van der Waals surface area (Å²) in [5, 5.41) is 2.78. The Morgan fingerprint density at radius 2 is 1.89 bits per heavy atom. The first kappa shape index (κ1) is 18.4. The molecule has 0 aliphatic rings. The number of fused-ring (bicyclic) bond motifs is 1. The minimum absolute atomic E-state index is 0.278. The lowest BCUT2D eigenvalue weighted by molar-refractivity contribution is 0.0947. The molecular weight excluding hydrogens is 346 g/mol. The van der Waals surface area contributed by atoms with Crippen LogP contribution in [0.5, 0.6) is 5.75 Å². The second kappa shape index (κ2) is 7.90. The van der Waals surface area contributed by atoms with Crippen LogP contribution in [0, 0.1) is 6.92 Å². The van der Waals surface area contributed by atoms with Gasteiger partial charge in [0.1, 0.15) is 12.4 Å². The van der Waals surface area contributed by atoms with E-state index in [1.165, 1.54) is 4.57 Å². The lowest BCUT2D eigenvalue weighted by Crippen LogP contribution is -2.36. The van der Waals surface area contributed by atoms with Crippen LogP contribution in [-0.2, 0) is 6.54 Å². The monoisotopic (exact) mass is 367 g/mol. The van der Waals surface area contributed by atoms with Crippen molar-refractivity contribution in [2.24, 2.45) is 0 Å². The average Bonchev–Trinajstić information content (AvgIpc) is 2.67. The van der Waals surface area contributed by atoms with Gasteiger partial charge in [0.05, 0.1) is 17.6 Å². The zero-order valence-corrected chi connectivity index (χ0v) is 15.2. The predicted molar refractivity (Wildman–Crippen MR) is 104 cm³/mol. The number of nitrogens with zero attached hydrogens (tertiary/aromatic N) is 1. The van der Waals surface area contributed by atoms with E-state index >= 15 is 0 Å². The molecule has 0 bridgehead atoms. The maximum Gasteiger partial charge on any atom is 0.316 e. The number of benzene rings is 2. The van der Waals surface area contributed by atoms with Crippen molar-refractivity contribution in [2.45, 2.75) is 20.4 Å². The van der Waals surface area contributed by atoms with Crippen molar-refractivity contribution in [1.29, 1.82) is 0 Å². The summed E-state index contributed by atoms with van der Waals surface area (Å²) >= 11 is 0. The fourth-order valence-electron chi connectivity index (χ4n) is 2.80. The van der Waals surface area contributed by atoms with Gasteiger partial charge < -0.3 is 19.6 Å². The minimum atomic E-state index is -0.701. The lowest BCUT2D eigenvalue weighted by Gasteiger charge is -2.10. The van der Waals surface area contributed by atoms with Crippen LogP contribution in [0.2, 0.25) is 0 Å². The average molecular weight is 367 g/mol. The van der Waals surface area contributed by atoms with E-state index in [1.54, 1.807) is 25.1 Å². The number of aromatic nitrogens is 2. The zero-order valence-electron chi connectivity index (χ0n) is 15.2. The molecular formula is C20H21N3O4. The summed E-state index contributed by atoms with van der Waals surface area (Å²) in [4.78, 5) is 38.5. The van der Waals surface area contributed by atoms with Gasteiger partial charge in [0.25, 0.3) is 5.91 Å². The largest absolute Gasteiger partial charge is 0.492 e. The molecule has 0 unspecified atom stereocenters. The summed E-state index contributed by atoms with van der Waals surface area (Å²) in [6, 6.07) is 12.5. The first-order chi connectivity index (χ1) is 13.0. The Morgan fingerprint density at radius 3 is 2.59 bits per heavy atom. The Kier molecular flexibility index (Phi) is 5.40. The highest BCUT2D eigenvalue weighted by molar-refractivity contribution is 5.97. The summed E-state index contributed by atoms with van der Waals surface area (Å²) in [5.74, 6) is 0.468. The molecule has 1 aromatic heterocycles. The van der Waals surface area contributed by atoms with E-state index in [9.17, 15) is 14.4 Å². The van der Waals surface area contributed by atoms with Crippen molar-refractivity contribution in [3.05, 3.63) is 74.3 Å². The third-order valence-electron chi connectivity index (χ3n) is 4.23. The molecule has 0 aliphatic carbocycles. The van der Waals surface area contributed by atoms with Crippen molar-refractivity contribution in [3.63, 3.8) is 0 Å². The molecule has 2 N–H and O–H groups in total. The molecule has 0 saturated heterocycles. The Labute approximate surface area is 155 Å². The Bertz CT molecular complexity index is 1080. The summed E-state index contributed by atoms with van der Waals surface area (Å²) in [6.45, 7) is 4.85. The van der Waals surface area contributed by atoms with E-state index in [2.05, 4.69) is 10.3 Å². The number of carbonyl (C=O) groups is 1. The molecule has 0 saturated carbocycles. The van der Waals surface area contributed by atoms with Crippen molar-refractivity contribution >= 4 is 16.9 Å². The SMILES string of the molecule is CCn1c(=O)c(=O)[nH]c2cc(C(=O)NCCOc3ccc(C)cc3)ccc21. The smallest absolute Gasteiger partial charge is 0.316 e. The fraction of sp³-hybridized carbons (Fsp3) is 0.250. The molecule has 7 nitrogen and oxygen atoms in total. The van der Waals surface area contributed by atoms with Gasteiger partial charge >= 0.3 is 11.1 Å². The molecule has 27 heavy (non-hydrogen) atoms. The van der Waals surface area contributed by atoms with Crippen LogP contribution in [-0.4, -0.2) is 28.6 Å². The van der Waals surface area contributed by atoms with Gasteiger partial charge in [-0.2, -0.15) is 0 Å². The van der Waals surface area contributed by atoms with Crippen LogP contribution >= 0.6 is 0 Å². The van der Waals surface area contributed by atoms with Crippen molar-refractivity contribution in [2.75, 3.05) is 13.2 Å². The van der Waals surface area contributed by atoms with Gasteiger partial charge in [-0.1, -0.05) is 17.7 Å². The number of aryl methyl sites for hydroxylation is 2. The molecule has 1 amide bonds. The van der Waals surface area contributed by atoms with Gasteiger partial charge in [0.15, 0.2) is 0 Å². The highest BCUT2D eigenvalue weighted by Gasteiger charge is 2.10. The number of hydrogen-bond donors (Lipinski definition) is 2. The fourth-order valence-corrected chi connectivity index (χ4v) is 2.80. The first-order valence-corrected chi connectivity index (χ1v) is 8.74. The Hall–Kier alpha value is -3.35.